The predicted octanol–water partition coefficient (Wildman–Crippen LogP) is 2.44. The fraction of sp³-hybridized carbons (Fsp3) is 1.00. The maximum absolute atomic E-state index is 5.73. The Hall–Kier alpha value is 0.778. The zero-order valence-electron chi connectivity index (χ0n) is 6.85. The molecule has 0 N–H and O–H groups in total. The summed E-state index contributed by atoms with van der Waals surface area (Å²) in [5, 5.41) is 0. The first-order valence-corrected chi connectivity index (χ1v) is 8.27. The molecule has 0 aromatic rings. The molecule has 0 aliphatic carbocycles. The monoisotopic (exact) mass is 238 g/mol. The van der Waals surface area contributed by atoms with Crippen LogP contribution in [-0.4, -0.2) is 26.7 Å². The molecule has 2 heteroatoms. The second-order valence-electron chi connectivity index (χ2n) is 2.27. The summed E-state index contributed by atoms with van der Waals surface area (Å²) >= 11 is -1.14. The van der Waals surface area contributed by atoms with Crippen LogP contribution in [0.2, 0.25) is 8.73 Å². The van der Waals surface area contributed by atoms with Gasteiger partial charge in [-0.3, -0.25) is 0 Å². The average Bonchev–Trinajstić information content (AvgIpc) is 1.82. The van der Waals surface area contributed by atoms with Crippen molar-refractivity contribution in [3.05, 3.63) is 0 Å². The van der Waals surface area contributed by atoms with Gasteiger partial charge in [0.15, 0.2) is 0 Å². The Morgan fingerprint density at radius 1 is 1.22 bits per heavy atom. The Kier molecular flexibility index (Phi) is 6.03. The van der Waals surface area contributed by atoms with Gasteiger partial charge in [-0.25, -0.2) is 0 Å². The molecule has 0 aromatic carbocycles. The van der Waals surface area contributed by atoms with Gasteiger partial charge in [-0.15, -0.1) is 0 Å². The van der Waals surface area contributed by atoms with E-state index in [2.05, 4.69) is 27.7 Å². The summed E-state index contributed by atoms with van der Waals surface area (Å²) in [6, 6.07) is 0. The molecule has 0 aliphatic heterocycles. The van der Waals surface area contributed by atoms with Crippen molar-refractivity contribution in [1.29, 1.82) is 0 Å². The Morgan fingerprint density at radius 3 is 1.78 bits per heavy atom. The van der Waals surface area contributed by atoms with Crippen LogP contribution in [0.4, 0.5) is 0 Å². The summed E-state index contributed by atoms with van der Waals surface area (Å²) in [6.07, 6.45) is 0.466. The summed E-state index contributed by atoms with van der Waals surface area (Å²) in [5.41, 5.74) is 0. The molecule has 1 nitrogen and oxygen atoms in total. The minimum absolute atomic E-state index is 0.466. The van der Waals surface area contributed by atoms with E-state index in [1.54, 1.807) is 0 Å². The van der Waals surface area contributed by atoms with E-state index < -0.39 is 20.6 Å². The van der Waals surface area contributed by atoms with E-state index in [9.17, 15) is 0 Å². The van der Waals surface area contributed by atoms with Crippen molar-refractivity contribution in [3.8, 4) is 0 Å². The molecule has 0 bridgehead atoms. The van der Waals surface area contributed by atoms with E-state index in [1.807, 2.05) is 0 Å². The molecule has 9 heavy (non-hydrogen) atoms. The van der Waals surface area contributed by atoms with Crippen molar-refractivity contribution in [3.63, 3.8) is 0 Å². The maximum atomic E-state index is 5.73. The first-order valence-electron chi connectivity index (χ1n) is 3.62. The minimum atomic E-state index is -1.14. The quantitative estimate of drug-likeness (QED) is 0.684. The van der Waals surface area contributed by atoms with E-state index in [1.165, 1.54) is 8.73 Å². The van der Waals surface area contributed by atoms with Gasteiger partial charge in [0.25, 0.3) is 0 Å². The van der Waals surface area contributed by atoms with Crippen LogP contribution in [0.25, 0.3) is 0 Å². The Balaban J connectivity index is 3.31. The Bertz CT molecular complexity index is 59.9. The molecule has 0 aromatic heterocycles. The molecule has 0 saturated heterocycles. The fourth-order valence-electron chi connectivity index (χ4n) is 0.671. The molecule has 0 rings (SSSR count). The van der Waals surface area contributed by atoms with E-state index in [0.717, 1.165) is 0 Å². The Morgan fingerprint density at radius 2 is 1.67 bits per heavy atom. The summed E-state index contributed by atoms with van der Waals surface area (Å²) in [5.74, 6) is 0. The topological polar surface area (TPSA) is 9.23 Å². The summed E-state index contributed by atoms with van der Waals surface area (Å²) in [4.78, 5) is 0. The van der Waals surface area contributed by atoms with Crippen LogP contribution >= 0.6 is 0 Å². The van der Waals surface area contributed by atoms with Gasteiger partial charge in [0.05, 0.1) is 0 Å². The molecule has 0 aliphatic rings. The molecule has 0 fully saturated rings. The zero-order valence-corrected chi connectivity index (χ0v) is 9.40. The van der Waals surface area contributed by atoms with Gasteiger partial charge >= 0.3 is 66.2 Å². The number of hydrogen-bond acceptors (Lipinski definition) is 1. The van der Waals surface area contributed by atoms with Crippen LogP contribution in [0.5, 0.6) is 0 Å². The normalized spacial score (nSPS) is 11.3. The van der Waals surface area contributed by atoms with E-state index in [0.29, 0.717) is 6.10 Å². The molecule has 0 heterocycles. The van der Waals surface area contributed by atoms with Crippen LogP contribution in [0.3, 0.4) is 0 Å². The van der Waals surface area contributed by atoms with Crippen LogP contribution in [-0.2, 0) is 3.02 Å². The first kappa shape index (κ1) is 9.78. The van der Waals surface area contributed by atoms with Gasteiger partial charge in [0.1, 0.15) is 0 Å². The van der Waals surface area contributed by atoms with Gasteiger partial charge in [-0.05, 0) is 0 Å². The number of rotatable bonds is 4. The van der Waals surface area contributed by atoms with Gasteiger partial charge in [-0.2, -0.15) is 0 Å². The van der Waals surface area contributed by atoms with Crippen molar-refractivity contribution in [1.82, 2.24) is 0 Å². The predicted molar refractivity (Wildman–Crippen MR) is 42.9 cm³/mol. The SMILES string of the molecule is C[CH2][Sb]([CH2]C)[O]C(C)C. The van der Waals surface area contributed by atoms with Gasteiger partial charge < -0.3 is 0 Å². The van der Waals surface area contributed by atoms with Crippen molar-refractivity contribution >= 4 is 20.6 Å². The van der Waals surface area contributed by atoms with Gasteiger partial charge in [0, 0.05) is 0 Å². The second-order valence-corrected chi connectivity index (χ2v) is 9.23. The molecule has 0 spiro atoms. The van der Waals surface area contributed by atoms with Gasteiger partial charge in [0.2, 0.25) is 0 Å². The summed E-state index contributed by atoms with van der Waals surface area (Å²) < 4.78 is 8.37. The molecular formula is C7H17OSb. The average molecular weight is 239 g/mol. The van der Waals surface area contributed by atoms with Crippen molar-refractivity contribution in [2.75, 3.05) is 0 Å². The third kappa shape index (κ3) is 5.23. The van der Waals surface area contributed by atoms with Crippen molar-refractivity contribution in [2.45, 2.75) is 42.5 Å². The van der Waals surface area contributed by atoms with Crippen LogP contribution in [0.15, 0.2) is 0 Å². The molecule has 0 atom stereocenters. The van der Waals surface area contributed by atoms with Crippen molar-refractivity contribution in [2.24, 2.45) is 0 Å². The first-order chi connectivity index (χ1) is 4.20. The third-order valence-electron chi connectivity index (χ3n) is 1.07. The summed E-state index contributed by atoms with van der Waals surface area (Å²) in [6.45, 7) is 8.74. The molecule has 0 saturated carbocycles. The number of hydrogen-bond donors (Lipinski definition) is 0. The molecule has 0 radical (unpaired) electrons. The standard InChI is InChI=1S/C3H7O.2C2H5.Sb/c1-3(2)4;2*1-2;/h3H,1-2H3;2*1H2,2H3;/q-1;;;+1. The van der Waals surface area contributed by atoms with Crippen LogP contribution < -0.4 is 0 Å². The van der Waals surface area contributed by atoms with E-state index in [4.69, 9.17) is 3.02 Å². The summed E-state index contributed by atoms with van der Waals surface area (Å²) in [7, 11) is 0. The fourth-order valence-corrected chi connectivity index (χ4v) is 4.50. The molecule has 56 valence electrons. The van der Waals surface area contributed by atoms with E-state index >= 15 is 0 Å². The van der Waals surface area contributed by atoms with Crippen molar-refractivity contribution < 1.29 is 3.02 Å². The Labute approximate surface area is 66.3 Å². The van der Waals surface area contributed by atoms with Crippen LogP contribution in [0.1, 0.15) is 27.7 Å². The second kappa shape index (κ2) is 5.55. The third-order valence-corrected chi connectivity index (χ3v) is 7.15. The van der Waals surface area contributed by atoms with E-state index in [-0.39, 0.29) is 0 Å². The molecular weight excluding hydrogens is 222 g/mol. The molecule has 0 unspecified atom stereocenters. The molecule has 0 amide bonds. The van der Waals surface area contributed by atoms with Crippen LogP contribution in [0, 0.1) is 0 Å². The zero-order chi connectivity index (χ0) is 7.28. The van der Waals surface area contributed by atoms with Gasteiger partial charge in [-0.1, -0.05) is 0 Å².